The summed E-state index contributed by atoms with van der Waals surface area (Å²) in [5.41, 5.74) is 4.40. The van der Waals surface area contributed by atoms with Gasteiger partial charge in [-0.2, -0.15) is 5.10 Å². The lowest BCUT2D eigenvalue weighted by Gasteiger charge is -2.21. The minimum Gasteiger partial charge on any atom is -0.267 e. The van der Waals surface area contributed by atoms with E-state index in [1.165, 1.54) is 25.7 Å². The molecule has 2 bridgehead atoms. The Balaban J connectivity index is 1.63. The number of hydrogen-bond acceptors (Lipinski definition) is 2. The monoisotopic (exact) mass is 334 g/mol. The van der Waals surface area contributed by atoms with Gasteiger partial charge in [0.2, 0.25) is 0 Å². The molecule has 1 amide bonds. The van der Waals surface area contributed by atoms with Gasteiger partial charge in [0, 0.05) is 21.7 Å². The van der Waals surface area contributed by atoms with E-state index in [4.69, 9.17) is 0 Å². The third-order valence-electron chi connectivity index (χ3n) is 4.70. The average Bonchev–Trinajstić information content (AvgIpc) is 3.07. The van der Waals surface area contributed by atoms with Crippen LogP contribution in [0.25, 0.3) is 0 Å². The molecule has 2 saturated carbocycles. The van der Waals surface area contributed by atoms with Gasteiger partial charge in [-0.1, -0.05) is 28.4 Å². The van der Waals surface area contributed by atoms with E-state index in [9.17, 15) is 4.79 Å². The summed E-state index contributed by atoms with van der Waals surface area (Å²) >= 11 is 3.37. The van der Waals surface area contributed by atoms with E-state index in [0.29, 0.717) is 11.5 Å². The van der Waals surface area contributed by atoms with Gasteiger partial charge in [-0.3, -0.25) is 4.79 Å². The van der Waals surface area contributed by atoms with Crippen LogP contribution in [0.15, 0.2) is 33.8 Å². The molecule has 20 heavy (non-hydrogen) atoms. The molecule has 2 aliphatic rings. The van der Waals surface area contributed by atoms with Crippen LogP contribution >= 0.6 is 15.9 Å². The molecule has 1 aromatic carbocycles. The number of hydrazone groups is 1. The van der Waals surface area contributed by atoms with Gasteiger partial charge in [0.05, 0.1) is 0 Å². The van der Waals surface area contributed by atoms with Crippen LogP contribution in [-0.4, -0.2) is 11.6 Å². The Bertz CT molecular complexity index is 555. The van der Waals surface area contributed by atoms with E-state index in [1.807, 2.05) is 19.1 Å². The number of nitrogens with one attached hydrogen (secondary N) is 1. The largest absolute Gasteiger partial charge is 0.271 e. The quantitative estimate of drug-likeness (QED) is 0.659. The van der Waals surface area contributed by atoms with Crippen LogP contribution in [0.5, 0.6) is 0 Å². The number of hydrogen-bond donors (Lipinski definition) is 1. The van der Waals surface area contributed by atoms with Gasteiger partial charge in [-0.05, 0) is 56.2 Å². The van der Waals surface area contributed by atoms with Crippen molar-refractivity contribution < 1.29 is 4.79 Å². The molecule has 3 atom stereocenters. The van der Waals surface area contributed by atoms with Crippen molar-refractivity contribution in [3.8, 4) is 0 Å². The van der Waals surface area contributed by atoms with E-state index in [2.05, 4.69) is 26.5 Å². The van der Waals surface area contributed by atoms with Gasteiger partial charge >= 0.3 is 0 Å². The first-order valence-corrected chi connectivity index (χ1v) is 8.03. The lowest BCUT2D eigenvalue weighted by molar-refractivity contribution is 0.0954. The molecule has 0 aliphatic heterocycles. The van der Waals surface area contributed by atoms with Gasteiger partial charge in [-0.15, -0.1) is 0 Å². The summed E-state index contributed by atoms with van der Waals surface area (Å²) in [5, 5.41) is 4.33. The van der Waals surface area contributed by atoms with Crippen LogP contribution in [0.1, 0.15) is 43.0 Å². The summed E-state index contributed by atoms with van der Waals surface area (Å²) in [6.07, 6.45) is 5.34. The Hall–Kier alpha value is -1.16. The molecule has 4 heteroatoms. The van der Waals surface area contributed by atoms with Crippen LogP contribution in [0, 0.1) is 17.8 Å². The molecule has 1 aromatic rings. The van der Waals surface area contributed by atoms with E-state index in [-0.39, 0.29) is 5.91 Å². The fourth-order valence-electron chi connectivity index (χ4n) is 3.67. The van der Waals surface area contributed by atoms with Crippen molar-refractivity contribution in [2.24, 2.45) is 22.9 Å². The Morgan fingerprint density at radius 1 is 1.35 bits per heavy atom. The molecular formula is C16H19BrN2O. The van der Waals surface area contributed by atoms with Crippen molar-refractivity contribution in [1.29, 1.82) is 0 Å². The zero-order chi connectivity index (χ0) is 14.1. The lowest BCUT2D eigenvalue weighted by atomic mass is 9.86. The van der Waals surface area contributed by atoms with Crippen molar-refractivity contribution in [3.63, 3.8) is 0 Å². The Morgan fingerprint density at radius 2 is 2.20 bits per heavy atom. The van der Waals surface area contributed by atoms with Crippen molar-refractivity contribution >= 4 is 27.5 Å². The zero-order valence-corrected chi connectivity index (χ0v) is 13.2. The van der Waals surface area contributed by atoms with Crippen LogP contribution in [0.3, 0.4) is 0 Å². The lowest BCUT2D eigenvalue weighted by Crippen LogP contribution is -2.24. The summed E-state index contributed by atoms with van der Waals surface area (Å²) in [5.74, 6) is 2.13. The molecule has 0 heterocycles. The molecule has 0 aromatic heterocycles. The third-order valence-corrected chi connectivity index (χ3v) is 5.19. The van der Waals surface area contributed by atoms with E-state index >= 15 is 0 Å². The second-order valence-electron chi connectivity index (χ2n) is 5.99. The summed E-state index contributed by atoms with van der Waals surface area (Å²) in [6.45, 7) is 2.05. The first-order chi connectivity index (χ1) is 9.63. The molecule has 3 rings (SSSR count). The van der Waals surface area contributed by atoms with E-state index in [0.717, 1.165) is 22.0 Å². The molecule has 106 valence electrons. The number of benzene rings is 1. The van der Waals surface area contributed by atoms with Crippen molar-refractivity contribution in [3.05, 3.63) is 34.3 Å². The number of carbonyl (C=O) groups excluding carboxylic acids is 1. The van der Waals surface area contributed by atoms with Crippen LogP contribution in [0.4, 0.5) is 0 Å². The molecule has 0 unspecified atom stereocenters. The first-order valence-electron chi connectivity index (χ1n) is 7.23. The Labute approximate surface area is 128 Å². The summed E-state index contributed by atoms with van der Waals surface area (Å²) in [7, 11) is 0. The Kier molecular flexibility index (Phi) is 3.92. The maximum atomic E-state index is 12.0. The molecule has 1 N–H and O–H groups in total. The Morgan fingerprint density at radius 3 is 2.85 bits per heavy atom. The summed E-state index contributed by atoms with van der Waals surface area (Å²) < 4.78 is 0.902. The van der Waals surface area contributed by atoms with Crippen LogP contribution in [0.2, 0.25) is 0 Å². The molecule has 2 fully saturated rings. The average molecular weight is 335 g/mol. The second kappa shape index (κ2) is 5.68. The fourth-order valence-corrected chi connectivity index (χ4v) is 4.07. The highest BCUT2D eigenvalue weighted by molar-refractivity contribution is 9.10. The fraction of sp³-hybridized carbons (Fsp3) is 0.500. The number of fused-ring (bicyclic) bond motifs is 2. The first kappa shape index (κ1) is 13.8. The minimum absolute atomic E-state index is 0.145. The van der Waals surface area contributed by atoms with Gasteiger partial charge in [0.15, 0.2) is 0 Å². The summed E-state index contributed by atoms with van der Waals surface area (Å²) in [4.78, 5) is 12.0. The second-order valence-corrected chi connectivity index (χ2v) is 6.90. The smallest absolute Gasteiger partial charge is 0.267 e. The molecule has 0 spiro atoms. The van der Waals surface area contributed by atoms with Gasteiger partial charge in [-0.25, -0.2) is 5.43 Å². The molecule has 3 nitrogen and oxygen atoms in total. The molecular weight excluding hydrogens is 316 g/mol. The number of halogens is 1. The predicted molar refractivity (Wildman–Crippen MR) is 83.7 cm³/mol. The number of rotatable bonds is 3. The highest BCUT2D eigenvalue weighted by Gasteiger charge is 2.40. The maximum Gasteiger partial charge on any atom is 0.271 e. The molecule has 0 saturated heterocycles. The SMILES string of the molecule is C/C(=N/NC(=O)c1cccc(Br)c1)[C@H]1C[C@H]2CC[C@H]1C2. The highest BCUT2D eigenvalue weighted by atomic mass is 79.9. The summed E-state index contributed by atoms with van der Waals surface area (Å²) in [6, 6.07) is 7.35. The molecule has 0 radical (unpaired) electrons. The maximum absolute atomic E-state index is 12.0. The molecule has 2 aliphatic carbocycles. The van der Waals surface area contributed by atoms with Crippen molar-refractivity contribution in [2.75, 3.05) is 0 Å². The number of amides is 1. The van der Waals surface area contributed by atoms with Crippen molar-refractivity contribution in [2.45, 2.75) is 32.6 Å². The normalized spacial score (nSPS) is 28.7. The number of carbonyl (C=O) groups is 1. The van der Waals surface area contributed by atoms with Crippen LogP contribution in [-0.2, 0) is 0 Å². The van der Waals surface area contributed by atoms with Gasteiger partial charge in [0.25, 0.3) is 5.91 Å². The predicted octanol–water partition coefficient (Wildman–Crippen LogP) is 3.99. The van der Waals surface area contributed by atoms with Gasteiger partial charge < -0.3 is 0 Å². The van der Waals surface area contributed by atoms with Crippen molar-refractivity contribution in [1.82, 2.24) is 5.43 Å². The standard InChI is InChI=1S/C16H19BrN2O/c1-10(15-8-11-5-6-12(15)7-11)18-19-16(20)13-3-2-4-14(17)9-13/h2-4,9,11-12,15H,5-8H2,1H3,(H,19,20)/b18-10-/t11-,12-,15+/m0/s1. The van der Waals surface area contributed by atoms with E-state index < -0.39 is 0 Å². The third kappa shape index (κ3) is 2.80. The van der Waals surface area contributed by atoms with Crippen LogP contribution < -0.4 is 5.43 Å². The zero-order valence-electron chi connectivity index (χ0n) is 11.6. The highest BCUT2D eigenvalue weighted by Crippen LogP contribution is 2.48. The van der Waals surface area contributed by atoms with Gasteiger partial charge in [0.1, 0.15) is 0 Å². The topological polar surface area (TPSA) is 41.5 Å². The van der Waals surface area contributed by atoms with E-state index in [1.54, 1.807) is 12.1 Å². The minimum atomic E-state index is -0.145. The number of nitrogens with zero attached hydrogens (tertiary/aromatic N) is 1.